The van der Waals surface area contributed by atoms with Crippen molar-refractivity contribution >= 4 is 23.5 Å². The number of ether oxygens (including phenoxy) is 2. The molecule has 3 nitrogen and oxygen atoms in total. The van der Waals surface area contributed by atoms with Crippen molar-refractivity contribution in [3.63, 3.8) is 0 Å². The maximum atomic E-state index is 12.6. The summed E-state index contributed by atoms with van der Waals surface area (Å²) in [5.74, 6) is 1.15. The second-order valence-corrected chi connectivity index (χ2v) is 5.08. The molecule has 1 aliphatic rings. The van der Waals surface area contributed by atoms with Crippen LogP contribution in [0.15, 0.2) is 48.0 Å². The third-order valence-corrected chi connectivity index (χ3v) is 3.69. The van der Waals surface area contributed by atoms with E-state index in [1.54, 1.807) is 37.5 Å². The molecule has 0 atom stereocenters. The van der Waals surface area contributed by atoms with E-state index >= 15 is 0 Å². The van der Waals surface area contributed by atoms with Gasteiger partial charge in [0.25, 0.3) is 0 Å². The van der Waals surface area contributed by atoms with Crippen molar-refractivity contribution in [2.45, 2.75) is 0 Å². The van der Waals surface area contributed by atoms with Gasteiger partial charge in [-0.25, -0.2) is 0 Å². The van der Waals surface area contributed by atoms with E-state index in [1.165, 1.54) is 0 Å². The molecule has 0 aromatic heterocycles. The predicted octanol–water partition coefficient (Wildman–Crippen LogP) is 4.01. The summed E-state index contributed by atoms with van der Waals surface area (Å²) in [6.07, 6.45) is 1.77. The Morgan fingerprint density at radius 3 is 2.81 bits per heavy atom. The minimum absolute atomic E-state index is 0.0601. The van der Waals surface area contributed by atoms with Crippen LogP contribution < -0.4 is 9.47 Å². The molecule has 0 amide bonds. The van der Waals surface area contributed by atoms with Crippen molar-refractivity contribution in [3.8, 4) is 11.5 Å². The number of fused-ring (bicyclic) bond motifs is 1. The fraction of sp³-hybridized carbons (Fsp3) is 0.118. The molecule has 0 saturated heterocycles. The number of hydrogen-bond acceptors (Lipinski definition) is 3. The molecule has 3 rings (SSSR count). The molecule has 21 heavy (non-hydrogen) atoms. The Morgan fingerprint density at radius 1 is 1.24 bits per heavy atom. The number of methoxy groups -OCH3 is 1. The van der Waals surface area contributed by atoms with Crippen LogP contribution in [0.3, 0.4) is 0 Å². The smallest absolute Gasteiger partial charge is 0.196 e. The quantitative estimate of drug-likeness (QED) is 0.786. The summed E-state index contributed by atoms with van der Waals surface area (Å²) in [6, 6.07) is 12.6. The summed E-state index contributed by atoms with van der Waals surface area (Å²) >= 11 is 6.12. The SMILES string of the molecule is COc1ccc2c(c1)C(=O)/C(=C/c1ccccc1Cl)CO2. The van der Waals surface area contributed by atoms with Gasteiger partial charge in [-0.3, -0.25) is 4.79 Å². The molecule has 1 heterocycles. The van der Waals surface area contributed by atoms with Gasteiger partial charge in [-0.1, -0.05) is 29.8 Å². The van der Waals surface area contributed by atoms with Crippen LogP contribution in [-0.4, -0.2) is 19.5 Å². The summed E-state index contributed by atoms with van der Waals surface area (Å²) < 4.78 is 10.8. The molecule has 2 aromatic carbocycles. The van der Waals surface area contributed by atoms with Crippen LogP contribution in [0.1, 0.15) is 15.9 Å². The Labute approximate surface area is 127 Å². The highest BCUT2D eigenvalue weighted by Gasteiger charge is 2.24. The molecule has 0 unspecified atom stereocenters. The van der Waals surface area contributed by atoms with Crippen LogP contribution >= 0.6 is 11.6 Å². The summed E-state index contributed by atoms with van der Waals surface area (Å²) in [7, 11) is 1.57. The fourth-order valence-corrected chi connectivity index (χ4v) is 2.41. The number of carbonyl (C=O) groups excluding carboxylic acids is 1. The highest BCUT2D eigenvalue weighted by atomic mass is 35.5. The summed E-state index contributed by atoms with van der Waals surface area (Å²) in [5.41, 5.74) is 1.89. The van der Waals surface area contributed by atoms with Gasteiger partial charge in [0.15, 0.2) is 5.78 Å². The van der Waals surface area contributed by atoms with Crippen LogP contribution in [0, 0.1) is 0 Å². The van der Waals surface area contributed by atoms with Crippen LogP contribution in [0.4, 0.5) is 0 Å². The van der Waals surface area contributed by atoms with Gasteiger partial charge in [-0.15, -0.1) is 0 Å². The van der Waals surface area contributed by atoms with E-state index in [0.717, 1.165) is 5.56 Å². The van der Waals surface area contributed by atoms with E-state index in [-0.39, 0.29) is 12.4 Å². The van der Waals surface area contributed by atoms with Gasteiger partial charge in [-0.2, -0.15) is 0 Å². The first kappa shape index (κ1) is 13.7. The van der Waals surface area contributed by atoms with E-state index in [2.05, 4.69) is 0 Å². The maximum Gasteiger partial charge on any atom is 0.196 e. The standard InChI is InChI=1S/C17H13ClO3/c1-20-13-6-7-16-14(9-13)17(19)12(10-21-16)8-11-4-2-3-5-15(11)18/h2-9H,10H2,1H3/b12-8+. The molecule has 0 spiro atoms. The zero-order valence-electron chi connectivity index (χ0n) is 11.4. The average molecular weight is 301 g/mol. The minimum Gasteiger partial charge on any atom is -0.497 e. The first-order valence-corrected chi connectivity index (χ1v) is 6.87. The number of hydrogen-bond donors (Lipinski definition) is 0. The lowest BCUT2D eigenvalue weighted by Gasteiger charge is -2.19. The second kappa shape index (κ2) is 5.62. The molecule has 0 N–H and O–H groups in total. The van der Waals surface area contributed by atoms with Gasteiger partial charge in [0.1, 0.15) is 18.1 Å². The van der Waals surface area contributed by atoms with Gasteiger partial charge in [-0.05, 0) is 35.9 Å². The maximum absolute atomic E-state index is 12.6. The van der Waals surface area contributed by atoms with Crippen molar-refractivity contribution in [1.82, 2.24) is 0 Å². The van der Waals surface area contributed by atoms with Gasteiger partial charge < -0.3 is 9.47 Å². The first-order valence-electron chi connectivity index (χ1n) is 6.49. The van der Waals surface area contributed by atoms with Crippen LogP contribution in [0.5, 0.6) is 11.5 Å². The zero-order valence-corrected chi connectivity index (χ0v) is 12.2. The van der Waals surface area contributed by atoms with Crippen molar-refractivity contribution in [2.24, 2.45) is 0 Å². The molecule has 2 aromatic rings. The second-order valence-electron chi connectivity index (χ2n) is 4.67. The zero-order chi connectivity index (χ0) is 14.8. The lowest BCUT2D eigenvalue weighted by molar-refractivity contribution is 0.100. The Bertz CT molecular complexity index is 735. The molecule has 4 heteroatoms. The average Bonchev–Trinajstić information content (AvgIpc) is 2.52. The lowest BCUT2D eigenvalue weighted by Crippen LogP contribution is -2.19. The monoisotopic (exact) mass is 300 g/mol. The molecular weight excluding hydrogens is 288 g/mol. The van der Waals surface area contributed by atoms with Gasteiger partial charge in [0, 0.05) is 10.6 Å². The number of ketones is 1. The van der Waals surface area contributed by atoms with Gasteiger partial charge in [0.2, 0.25) is 0 Å². The largest absolute Gasteiger partial charge is 0.497 e. The van der Waals surface area contributed by atoms with E-state index in [9.17, 15) is 4.79 Å². The van der Waals surface area contributed by atoms with Gasteiger partial charge >= 0.3 is 0 Å². The lowest BCUT2D eigenvalue weighted by atomic mass is 9.98. The highest BCUT2D eigenvalue weighted by Crippen LogP contribution is 2.31. The van der Waals surface area contributed by atoms with Crippen molar-refractivity contribution in [3.05, 3.63) is 64.2 Å². The van der Waals surface area contributed by atoms with Crippen molar-refractivity contribution < 1.29 is 14.3 Å². The van der Waals surface area contributed by atoms with Crippen molar-refractivity contribution in [2.75, 3.05) is 13.7 Å². The molecule has 1 aliphatic heterocycles. The first-order chi connectivity index (χ1) is 10.2. The number of rotatable bonds is 2. The Hall–Kier alpha value is -2.26. The Balaban J connectivity index is 2.00. The minimum atomic E-state index is -0.0601. The highest BCUT2D eigenvalue weighted by molar-refractivity contribution is 6.32. The Kier molecular flexibility index (Phi) is 3.67. The normalized spacial score (nSPS) is 15.5. The Morgan fingerprint density at radius 2 is 2.05 bits per heavy atom. The van der Waals surface area contributed by atoms with Crippen molar-refractivity contribution in [1.29, 1.82) is 0 Å². The number of benzene rings is 2. The molecule has 0 saturated carbocycles. The molecule has 0 radical (unpaired) electrons. The predicted molar refractivity (Wildman–Crippen MR) is 82.2 cm³/mol. The summed E-state index contributed by atoms with van der Waals surface area (Å²) in [4.78, 5) is 12.6. The fourth-order valence-electron chi connectivity index (χ4n) is 2.22. The number of carbonyl (C=O) groups is 1. The molecule has 106 valence electrons. The molecule has 0 fully saturated rings. The topological polar surface area (TPSA) is 35.5 Å². The molecule has 0 aliphatic carbocycles. The van der Waals surface area contributed by atoms with Crippen LogP contribution in [0.2, 0.25) is 5.02 Å². The van der Waals surface area contributed by atoms with Crippen LogP contribution in [-0.2, 0) is 0 Å². The number of halogens is 1. The van der Waals surface area contributed by atoms with Crippen LogP contribution in [0.25, 0.3) is 6.08 Å². The number of Topliss-reactive ketones (excluding diaryl/α,β-unsaturated/α-hetero) is 1. The summed E-state index contributed by atoms with van der Waals surface area (Å²) in [5, 5.41) is 0.606. The third kappa shape index (κ3) is 2.65. The molecular formula is C17H13ClO3. The third-order valence-electron chi connectivity index (χ3n) is 3.34. The van der Waals surface area contributed by atoms with Gasteiger partial charge in [0.05, 0.1) is 12.7 Å². The summed E-state index contributed by atoms with van der Waals surface area (Å²) in [6.45, 7) is 0.239. The molecule has 0 bridgehead atoms. The van der Waals surface area contributed by atoms with E-state index in [1.807, 2.05) is 18.2 Å². The van der Waals surface area contributed by atoms with E-state index < -0.39 is 0 Å². The van der Waals surface area contributed by atoms with E-state index in [4.69, 9.17) is 21.1 Å². The van der Waals surface area contributed by atoms with E-state index in [0.29, 0.717) is 27.7 Å².